The van der Waals surface area contributed by atoms with E-state index in [9.17, 15) is 18.0 Å². The molecule has 224 valence electrons. The van der Waals surface area contributed by atoms with Gasteiger partial charge in [-0.1, -0.05) is 93.8 Å². The van der Waals surface area contributed by atoms with Crippen molar-refractivity contribution in [1.82, 2.24) is 10.2 Å². The number of nitrogens with zero attached hydrogens (tertiary/aromatic N) is 2. The molecule has 0 bridgehead atoms. The summed E-state index contributed by atoms with van der Waals surface area (Å²) in [6.07, 6.45) is 0.261. The van der Waals surface area contributed by atoms with Gasteiger partial charge in [0.05, 0.1) is 10.6 Å². The summed E-state index contributed by atoms with van der Waals surface area (Å²) in [6, 6.07) is 28.1. The summed E-state index contributed by atoms with van der Waals surface area (Å²) in [5, 5.41) is 2.71. The SMILES string of the molecule is CNC(=O)[C@H](Cc1ccccc1)N(Cc1ccc(Br)cc1)C(=O)CN(c1ccc(C)cc1C)S(=O)(=O)c1ccc(C)cc1. The number of rotatable bonds is 11. The van der Waals surface area contributed by atoms with Gasteiger partial charge in [0, 0.05) is 24.5 Å². The molecule has 7 nitrogen and oxygen atoms in total. The average Bonchev–Trinajstić information content (AvgIpc) is 2.99. The van der Waals surface area contributed by atoms with Crippen LogP contribution in [0.3, 0.4) is 0 Å². The number of hydrogen-bond donors (Lipinski definition) is 1. The highest BCUT2D eigenvalue weighted by Crippen LogP contribution is 2.29. The number of hydrogen-bond acceptors (Lipinski definition) is 4. The van der Waals surface area contributed by atoms with Crippen LogP contribution in [0.1, 0.15) is 27.8 Å². The highest BCUT2D eigenvalue weighted by molar-refractivity contribution is 9.10. The first-order valence-electron chi connectivity index (χ1n) is 14.0. The quantitative estimate of drug-likeness (QED) is 0.215. The summed E-state index contributed by atoms with van der Waals surface area (Å²) < 4.78 is 30.4. The zero-order valence-corrected chi connectivity index (χ0v) is 27.2. The summed E-state index contributed by atoms with van der Waals surface area (Å²) in [4.78, 5) is 29.3. The third-order valence-corrected chi connectivity index (χ3v) is 9.60. The first kappa shape index (κ1) is 32.0. The maximum atomic E-state index is 14.4. The van der Waals surface area contributed by atoms with Crippen molar-refractivity contribution in [3.63, 3.8) is 0 Å². The van der Waals surface area contributed by atoms with Crippen molar-refractivity contribution in [1.29, 1.82) is 0 Å². The Labute approximate surface area is 262 Å². The van der Waals surface area contributed by atoms with Crippen molar-refractivity contribution in [3.8, 4) is 0 Å². The van der Waals surface area contributed by atoms with Gasteiger partial charge in [0.1, 0.15) is 12.6 Å². The largest absolute Gasteiger partial charge is 0.357 e. The van der Waals surface area contributed by atoms with Crippen LogP contribution < -0.4 is 9.62 Å². The lowest BCUT2D eigenvalue weighted by Gasteiger charge is -2.34. The lowest BCUT2D eigenvalue weighted by Crippen LogP contribution is -2.53. The van der Waals surface area contributed by atoms with Gasteiger partial charge in [0.2, 0.25) is 11.8 Å². The average molecular weight is 663 g/mol. The molecule has 0 aliphatic carbocycles. The Balaban J connectivity index is 1.81. The second-order valence-corrected chi connectivity index (χ2v) is 13.4. The third kappa shape index (κ3) is 7.91. The molecule has 4 aromatic rings. The molecule has 0 aromatic heterocycles. The van der Waals surface area contributed by atoms with Crippen LogP contribution in [0, 0.1) is 20.8 Å². The maximum absolute atomic E-state index is 14.4. The maximum Gasteiger partial charge on any atom is 0.264 e. The fraction of sp³-hybridized carbons (Fsp3) is 0.235. The molecule has 2 amide bonds. The molecule has 0 saturated carbocycles. The number of sulfonamides is 1. The van der Waals surface area contributed by atoms with Crippen molar-refractivity contribution in [2.75, 3.05) is 17.9 Å². The molecule has 1 atom stereocenters. The van der Waals surface area contributed by atoms with Gasteiger partial charge >= 0.3 is 0 Å². The lowest BCUT2D eigenvalue weighted by molar-refractivity contribution is -0.139. The highest BCUT2D eigenvalue weighted by atomic mass is 79.9. The number of anilines is 1. The van der Waals surface area contributed by atoms with E-state index in [0.717, 1.165) is 36.6 Å². The van der Waals surface area contributed by atoms with Crippen LogP contribution in [-0.2, 0) is 32.6 Å². The van der Waals surface area contributed by atoms with Gasteiger partial charge in [-0.05, 0) is 67.8 Å². The van der Waals surface area contributed by atoms with Gasteiger partial charge in [-0.25, -0.2) is 8.42 Å². The Morgan fingerprint density at radius 2 is 1.44 bits per heavy atom. The van der Waals surface area contributed by atoms with Crippen LogP contribution in [0.15, 0.2) is 106 Å². The molecule has 0 heterocycles. The monoisotopic (exact) mass is 661 g/mol. The first-order chi connectivity index (χ1) is 20.5. The lowest BCUT2D eigenvalue weighted by atomic mass is 10.0. The predicted octanol–water partition coefficient (Wildman–Crippen LogP) is 5.96. The van der Waals surface area contributed by atoms with Crippen molar-refractivity contribution < 1.29 is 18.0 Å². The molecular formula is C34H36BrN3O4S. The Morgan fingerprint density at radius 3 is 2.05 bits per heavy atom. The summed E-state index contributed by atoms with van der Waals surface area (Å²) in [6.45, 7) is 5.26. The van der Waals surface area contributed by atoms with E-state index in [1.807, 2.05) is 87.5 Å². The summed E-state index contributed by atoms with van der Waals surface area (Å²) in [5.74, 6) is -0.836. The minimum absolute atomic E-state index is 0.0810. The Morgan fingerprint density at radius 1 is 0.814 bits per heavy atom. The molecule has 0 radical (unpaired) electrons. The number of nitrogens with one attached hydrogen (secondary N) is 1. The van der Waals surface area contributed by atoms with Crippen LogP contribution in [0.5, 0.6) is 0 Å². The van der Waals surface area contributed by atoms with E-state index >= 15 is 0 Å². The molecule has 43 heavy (non-hydrogen) atoms. The van der Waals surface area contributed by atoms with Gasteiger partial charge < -0.3 is 10.2 Å². The molecule has 1 N–H and O–H groups in total. The van der Waals surface area contributed by atoms with E-state index in [0.29, 0.717) is 5.69 Å². The van der Waals surface area contributed by atoms with E-state index in [1.165, 1.54) is 11.9 Å². The van der Waals surface area contributed by atoms with Gasteiger partial charge in [-0.2, -0.15) is 0 Å². The third-order valence-electron chi connectivity index (χ3n) is 7.29. The fourth-order valence-electron chi connectivity index (χ4n) is 4.94. The Hall–Kier alpha value is -3.95. The molecule has 0 aliphatic rings. The molecule has 9 heteroatoms. The van der Waals surface area contributed by atoms with Gasteiger partial charge in [0.25, 0.3) is 10.0 Å². The van der Waals surface area contributed by atoms with Gasteiger partial charge in [0.15, 0.2) is 0 Å². The number of halogens is 1. The minimum Gasteiger partial charge on any atom is -0.357 e. The smallest absolute Gasteiger partial charge is 0.264 e. The molecule has 0 saturated heterocycles. The summed E-state index contributed by atoms with van der Waals surface area (Å²) >= 11 is 3.45. The van der Waals surface area contributed by atoms with Crippen molar-refractivity contribution >= 4 is 43.5 Å². The summed E-state index contributed by atoms with van der Waals surface area (Å²) in [5.41, 5.74) is 4.70. The second-order valence-electron chi connectivity index (χ2n) is 10.6. The Kier molecular flexibility index (Phi) is 10.4. The van der Waals surface area contributed by atoms with Crippen molar-refractivity contribution in [2.24, 2.45) is 0 Å². The van der Waals surface area contributed by atoms with E-state index in [4.69, 9.17) is 0 Å². The normalized spacial score (nSPS) is 11.9. The van der Waals surface area contributed by atoms with Gasteiger partial charge in [-0.15, -0.1) is 0 Å². The van der Waals surface area contributed by atoms with Crippen LogP contribution in [0.25, 0.3) is 0 Å². The standard InChI is InChI=1S/C34H36BrN3O4S/c1-24-10-17-30(18-11-24)43(41,42)38(31-19-12-25(2)20-26(31)3)23-33(39)37(22-28-13-15-29(35)16-14-28)32(34(40)36-4)21-27-8-6-5-7-9-27/h5-20,32H,21-23H2,1-4H3,(H,36,40)/t32-/m0/s1. The fourth-order valence-corrected chi connectivity index (χ4v) is 6.69. The predicted molar refractivity (Wildman–Crippen MR) is 174 cm³/mol. The van der Waals surface area contributed by atoms with Gasteiger partial charge in [-0.3, -0.25) is 13.9 Å². The summed E-state index contributed by atoms with van der Waals surface area (Å²) in [7, 11) is -2.61. The molecule has 0 unspecified atom stereocenters. The van der Waals surface area contributed by atoms with Crippen LogP contribution in [-0.4, -0.2) is 44.8 Å². The number of benzene rings is 4. The number of carbonyl (C=O) groups is 2. The zero-order valence-electron chi connectivity index (χ0n) is 24.7. The number of likely N-dealkylation sites (N-methyl/N-ethyl adjacent to an activating group) is 1. The Bertz CT molecular complexity index is 1680. The van der Waals surface area contributed by atoms with Crippen molar-refractivity contribution in [2.45, 2.75) is 44.7 Å². The van der Waals surface area contributed by atoms with Crippen LogP contribution >= 0.6 is 15.9 Å². The molecular weight excluding hydrogens is 626 g/mol. The molecule has 0 spiro atoms. The topological polar surface area (TPSA) is 86.8 Å². The molecule has 4 aromatic carbocycles. The first-order valence-corrected chi connectivity index (χ1v) is 16.2. The van der Waals surface area contributed by atoms with Crippen LogP contribution in [0.4, 0.5) is 5.69 Å². The minimum atomic E-state index is -4.14. The molecule has 0 aliphatic heterocycles. The van der Waals surface area contributed by atoms with Crippen molar-refractivity contribution in [3.05, 3.63) is 129 Å². The number of aryl methyl sites for hydroxylation is 3. The number of amides is 2. The second kappa shape index (κ2) is 14.0. The molecule has 0 fully saturated rings. The van der Waals surface area contributed by atoms with Crippen LogP contribution in [0.2, 0.25) is 0 Å². The zero-order chi connectivity index (χ0) is 31.1. The van der Waals surface area contributed by atoms with E-state index < -0.39 is 28.5 Å². The number of carbonyl (C=O) groups excluding carboxylic acids is 2. The van der Waals surface area contributed by atoms with E-state index in [2.05, 4.69) is 21.2 Å². The van der Waals surface area contributed by atoms with E-state index in [1.54, 1.807) is 30.3 Å². The van der Waals surface area contributed by atoms with E-state index in [-0.39, 0.29) is 23.8 Å². The molecule has 4 rings (SSSR count). The highest BCUT2D eigenvalue weighted by Gasteiger charge is 2.34.